The molecule has 0 spiro atoms. The standard InChI is InChI=1S/C47H89NO8/c1-3-5-7-9-11-13-15-17-18-19-20-21-22-23-24-25-27-29-31-33-35-37-43(51)48-40(39-55-47-46(54)45(53)44(52)42(38-49)56-47)41(50)36-34-32-30-28-26-16-14-12-10-8-6-4-2/h26,28,34,36,40-42,44-47,49-50,52-54H,3-25,27,29-33,35,37-39H2,1-2H3,(H,48,51)/b28-26+,36-34+. The first-order chi connectivity index (χ1) is 27.3. The third-order valence-corrected chi connectivity index (χ3v) is 11.3. The molecule has 7 atom stereocenters. The molecule has 0 aliphatic carbocycles. The third kappa shape index (κ3) is 28.2. The van der Waals surface area contributed by atoms with Crippen LogP contribution in [-0.2, 0) is 14.3 Å². The van der Waals surface area contributed by atoms with Crippen LogP contribution in [0.25, 0.3) is 0 Å². The average Bonchev–Trinajstić information content (AvgIpc) is 3.20. The van der Waals surface area contributed by atoms with Gasteiger partial charge in [-0.3, -0.25) is 4.79 Å². The molecule has 1 rings (SSSR count). The lowest BCUT2D eigenvalue weighted by atomic mass is 9.99. The number of hydrogen-bond donors (Lipinski definition) is 6. The molecule has 9 nitrogen and oxygen atoms in total. The van der Waals surface area contributed by atoms with E-state index in [1.807, 2.05) is 6.08 Å². The van der Waals surface area contributed by atoms with Gasteiger partial charge >= 0.3 is 0 Å². The van der Waals surface area contributed by atoms with E-state index in [0.29, 0.717) is 6.42 Å². The van der Waals surface area contributed by atoms with Gasteiger partial charge in [-0.05, 0) is 32.1 Å². The molecule has 1 amide bonds. The van der Waals surface area contributed by atoms with Crippen LogP contribution >= 0.6 is 0 Å². The smallest absolute Gasteiger partial charge is 0.220 e. The molecule has 0 aromatic heterocycles. The highest BCUT2D eigenvalue weighted by molar-refractivity contribution is 5.76. The maximum Gasteiger partial charge on any atom is 0.220 e. The molecular weight excluding hydrogens is 707 g/mol. The van der Waals surface area contributed by atoms with Gasteiger partial charge in [0, 0.05) is 6.42 Å². The minimum absolute atomic E-state index is 0.185. The Morgan fingerprint density at radius 1 is 0.589 bits per heavy atom. The summed E-state index contributed by atoms with van der Waals surface area (Å²) >= 11 is 0. The van der Waals surface area contributed by atoms with E-state index < -0.39 is 49.5 Å². The van der Waals surface area contributed by atoms with Crippen molar-refractivity contribution in [2.75, 3.05) is 13.2 Å². The number of aliphatic hydroxyl groups is 5. The molecule has 1 fully saturated rings. The Bertz CT molecular complexity index is 930. The number of ether oxygens (including phenoxy) is 2. The molecule has 0 bridgehead atoms. The van der Waals surface area contributed by atoms with Crippen LogP contribution in [0.2, 0.25) is 0 Å². The molecule has 0 radical (unpaired) electrons. The summed E-state index contributed by atoms with van der Waals surface area (Å²) in [5.74, 6) is -0.185. The maximum atomic E-state index is 12.9. The molecule has 6 N–H and O–H groups in total. The van der Waals surface area contributed by atoms with Crippen molar-refractivity contribution in [2.45, 2.75) is 256 Å². The lowest BCUT2D eigenvalue weighted by Crippen LogP contribution is -2.60. The average molecular weight is 796 g/mol. The molecule has 330 valence electrons. The van der Waals surface area contributed by atoms with Gasteiger partial charge < -0.3 is 40.3 Å². The SMILES string of the molecule is CCCCCCCC/C=C/CC/C=C/C(O)C(COC1OC(CO)C(O)C(O)C1O)NC(=O)CCCCCCCCCCCCCCCCCCCCCCC. The second kappa shape index (κ2) is 37.9. The first kappa shape index (κ1) is 52.7. The zero-order valence-corrected chi connectivity index (χ0v) is 36.1. The summed E-state index contributed by atoms with van der Waals surface area (Å²) in [7, 11) is 0. The largest absolute Gasteiger partial charge is 0.394 e. The number of amides is 1. The van der Waals surface area contributed by atoms with Gasteiger partial charge in [0.1, 0.15) is 24.4 Å². The van der Waals surface area contributed by atoms with Gasteiger partial charge in [0.15, 0.2) is 6.29 Å². The Morgan fingerprint density at radius 2 is 1.02 bits per heavy atom. The van der Waals surface area contributed by atoms with Crippen LogP contribution in [0, 0.1) is 0 Å². The lowest BCUT2D eigenvalue weighted by Gasteiger charge is -2.40. The van der Waals surface area contributed by atoms with Crippen LogP contribution in [0.3, 0.4) is 0 Å². The lowest BCUT2D eigenvalue weighted by molar-refractivity contribution is -0.302. The number of carbonyl (C=O) groups excluding carboxylic acids is 1. The zero-order chi connectivity index (χ0) is 40.9. The summed E-state index contributed by atoms with van der Waals surface area (Å²) in [6.07, 6.45) is 38.0. The highest BCUT2D eigenvalue weighted by Crippen LogP contribution is 2.23. The fourth-order valence-electron chi connectivity index (χ4n) is 7.47. The number of unbranched alkanes of at least 4 members (excludes halogenated alkanes) is 27. The summed E-state index contributed by atoms with van der Waals surface area (Å²) in [6, 6.07) is -0.815. The normalized spacial score (nSPS) is 21.3. The molecule has 0 saturated carbocycles. The first-order valence-electron chi connectivity index (χ1n) is 23.6. The van der Waals surface area contributed by atoms with E-state index in [9.17, 15) is 30.3 Å². The topological polar surface area (TPSA) is 149 Å². The van der Waals surface area contributed by atoms with Crippen LogP contribution in [0.15, 0.2) is 24.3 Å². The molecule has 1 aliphatic heterocycles. The summed E-state index contributed by atoms with van der Waals surface area (Å²) in [4.78, 5) is 12.9. The van der Waals surface area contributed by atoms with Gasteiger partial charge in [-0.2, -0.15) is 0 Å². The Labute approximate surface area is 343 Å². The minimum atomic E-state index is -1.57. The summed E-state index contributed by atoms with van der Waals surface area (Å²) < 4.78 is 11.2. The highest BCUT2D eigenvalue weighted by Gasteiger charge is 2.44. The van der Waals surface area contributed by atoms with Crippen molar-refractivity contribution >= 4 is 5.91 Å². The second-order valence-corrected chi connectivity index (χ2v) is 16.5. The van der Waals surface area contributed by atoms with Crippen LogP contribution < -0.4 is 5.32 Å². The number of carbonyl (C=O) groups is 1. The quantitative estimate of drug-likeness (QED) is 0.0266. The first-order valence-corrected chi connectivity index (χ1v) is 23.6. The molecule has 1 saturated heterocycles. The van der Waals surface area contributed by atoms with Gasteiger partial charge in [0.25, 0.3) is 0 Å². The van der Waals surface area contributed by atoms with Gasteiger partial charge in [0.05, 0.1) is 25.4 Å². The fraction of sp³-hybridized carbons (Fsp3) is 0.894. The minimum Gasteiger partial charge on any atom is -0.394 e. The third-order valence-electron chi connectivity index (χ3n) is 11.3. The van der Waals surface area contributed by atoms with Crippen molar-refractivity contribution < 1.29 is 39.8 Å². The van der Waals surface area contributed by atoms with E-state index in [1.54, 1.807) is 6.08 Å². The molecule has 0 aromatic carbocycles. The number of nitrogens with one attached hydrogen (secondary N) is 1. The van der Waals surface area contributed by atoms with Gasteiger partial charge in [-0.25, -0.2) is 0 Å². The van der Waals surface area contributed by atoms with E-state index in [-0.39, 0.29) is 12.5 Å². The molecule has 9 heteroatoms. The van der Waals surface area contributed by atoms with E-state index in [4.69, 9.17) is 9.47 Å². The Morgan fingerprint density at radius 3 is 1.50 bits per heavy atom. The van der Waals surface area contributed by atoms with Crippen LogP contribution in [-0.4, -0.2) is 87.5 Å². The van der Waals surface area contributed by atoms with E-state index in [0.717, 1.165) is 38.5 Å². The van der Waals surface area contributed by atoms with E-state index in [1.165, 1.54) is 154 Å². The van der Waals surface area contributed by atoms with Crippen LogP contribution in [0.4, 0.5) is 0 Å². The Kier molecular flexibility index (Phi) is 35.7. The van der Waals surface area contributed by atoms with E-state index in [2.05, 4.69) is 31.3 Å². The van der Waals surface area contributed by atoms with Gasteiger partial charge in [0.2, 0.25) is 5.91 Å². The number of rotatable bonds is 39. The predicted molar refractivity (Wildman–Crippen MR) is 230 cm³/mol. The number of aliphatic hydroxyl groups excluding tert-OH is 5. The van der Waals surface area contributed by atoms with Crippen molar-refractivity contribution in [2.24, 2.45) is 0 Å². The Hall–Kier alpha value is -1.33. The van der Waals surface area contributed by atoms with Crippen LogP contribution in [0.1, 0.15) is 213 Å². The number of hydrogen-bond acceptors (Lipinski definition) is 8. The van der Waals surface area contributed by atoms with Crippen LogP contribution in [0.5, 0.6) is 0 Å². The second-order valence-electron chi connectivity index (χ2n) is 16.5. The van der Waals surface area contributed by atoms with Crippen molar-refractivity contribution in [3.05, 3.63) is 24.3 Å². The van der Waals surface area contributed by atoms with Gasteiger partial charge in [-0.1, -0.05) is 199 Å². The summed E-state index contributed by atoms with van der Waals surface area (Å²) in [6.45, 7) is 3.75. The summed E-state index contributed by atoms with van der Waals surface area (Å²) in [5, 5.41) is 54.1. The van der Waals surface area contributed by atoms with Crippen molar-refractivity contribution in [1.29, 1.82) is 0 Å². The fourth-order valence-corrected chi connectivity index (χ4v) is 7.47. The molecule has 1 heterocycles. The molecular formula is C47H89NO8. The number of allylic oxidation sites excluding steroid dienone is 3. The highest BCUT2D eigenvalue weighted by atomic mass is 16.7. The van der Waals surface area contributed by atoms with Crippen molar-refractivity contribution in [3.8, 4) is 0 Å². The molecule has 56 heavy (non-hydrogen) atoms. The van der Waals surface area contributed by atoms with Gasteiger partial charge in [-0.15, -0.1) is 0 Å². The zero-order valence-electron chi connectivity index (χ0n) is 36.1. The monoisotopic (exact) mass is 796 g/mol. The summed E-state index contributed by atoms with van der Waals surface area (Å²) in [5.41, 5.74) is 0. The predicted octanol–water partition coefficient (Wildman–Crippen LogP) is 9.89. The van der Waals surface area contributed by atoms with Crippen molar-refractivity contribution in [3.63, 3.8) is 0 Å². The molecule has 0 aromatic rings. The Balaban J connectivity index is 2.30. The van der Waals surface area contributed by atoms with E-state index >= 15 is 0 Å². The molecule has 7 unspecified atom stereocenters. The van der Waals surface area contributed by atoms with Crippen molar-refractivity contribution in [1.82, 2.24) is 5.32 Å². The molecule has 1 aliphatic rings. The maximum absolute atomic E-state index is 12.9.